The summed E-state index contributed by atoms with van der Waals surface area (Å²) in [5.41, 5.74) is 1.86. The topological polar surface area (TPSA) is 61.4 Å². The molecule has 2 aromatic carbocycles. The Kier molecular flexibility index (Phi) is 4.93. The molecular formula is C15H13BrN2O2S. The van der Waals surface area contributed by atoms with E-state index < -0.39 is 0 Å². The number of thiocarbonyl (C=S) groups is 1. The number of hydrogen-bond donors (Lipinski definition) is 3. The lowest BCUT2D eigenvalue weighted by atomic mass is 10.2. The number of benzene rings is 2. The molecule has 2 rings (SSSR count). The fourth-order valence-corrected chi connectivity index (χ4v) is 2.38. The number of aromatic hydroxyl groups is 1. The molecule has 108 valence electrons. The summed E-state index contributed by atoms with van der Waals surface area (Å²) in [4.78, 5) is 12.1. The van der Waals surface area contributed by atoms with E-state index in [1.54, 1.807) is 30.3 Å². The van der Waals surface area contributed by atoms with Gasteiger partial charge in [-0.15, -0.1) is 0 Å². The summed E-state index contributed by atoms with van der Waals surface area (Å²) in [7, 11) is 0. The Morgan fingerprint density at radius 1 is 1.24 bits per heavy atom. The van der Waals surface area contributed by atoms with Crippen LogP contribution in [0.15, 0.2) is 46.9 Å². The van der Waals surface area contributed by atoms with E-state index >= 15 is 0 Å². The quantitative estimate of drug-likeness (QED) is 0.562. The highest BCUT2D eigenvalue weighted by molar-refractivity contribution is 9.10. The van der Waals surface area contributed by atoms with Crippen molar-refractivity contribution >= 4 is 44.9 Å². The molecule has 0 aliphatic heterocycles. The second-order valence-electron chi connectivity index (χ2n) is 4.41. The molecule has 0 aromatic heterocycles. The van der Waals surface area contributed by atoms with Crippen molar-refractivity contribution in [2.24, 2.45) is 0 Å². The zero-order valence-electron chi connectivity index (χ0n) is 11.2. The van der Waals surface area contributed by atoms with E-state index in [-0.39, 0.29) is 16.8 Å². The van der Waals surface area contributed by atoms with Gasteiger partial charge in [0.05, 0.1) is 11.3 Å². The standard InChI is InChI=1S/C15H13BrN2O2S/c1-9-6-7-12(13(19)8-9)17-15(21)18-14(20)10-4-2-3-5-11(10)16/h2-8,19H,1H3,(H2,17,18,20,21). The monoisotopic (exact) mass is 364 g/mol. The van der Waals surface area contributed by atoms with Crippen molar-refractivity contribution in [1.29, 1.82) is 0 Å². The third kappa shape index (κ3) is 4.03. The number of nitrogens with one attached hydrogen (secondary N) is 2. The average molecular weight is 365 g/mol. The van der Waals surface area contributed by atoms with Gasteiger partial charge in [0.25, 0.3) is 5.91 Å². The zero-order valence-corrected chi connectivity index (χ0v) is 13.6. The second-order valence-corrected chi connectivity index (χ2v) is 5.67. The van der Waals surface area contributed by atoms with Crippen LogP contribution in [-0.2, 0) is 0 Å². The summed E-state index contributed by atoms with van der Waals surface area (Å²) in [5.74, 6) is -0.251. The Hall–Kier alpha value is -1.92. The Labute approximate surface area is 136 Å². The third-order valence-corrected chi connectivity index (χ3v) is 3.64. The first kappa shape index (κ1) is 15.5. The molecule has 4 nitrogen and oxygen atoms in total. The van der Waals surface area contributed by atoms with Crippen molar-refractivity contribution in [2.45, 2.75) is 6.92 Å². The number of amides is 1. The van der Waals surface area contributed by atoms with Crippen LogP contribution in [0.5, 0.6) is 5.75 Å². The number of phenolic OH excluding ortho intramolecular Hbond substituents is 1. The number of halogens is 1. The highest BCUT2D eigenvalue weighted by atomic mass is 79.9. The zero-order chi connectivity index (χ0) is 15.4. The van der Waals surface area contributed by atoms with Crippen LogP contribution in [0.3, 0.4) is 0 Å². The molecule has 0 bridgehead atoms. The molecule has 0 radical (unpaired) electrons. The molecule has 3 N–H and O–H groups in total. The normalized spacial score (nSPS) is 10.0. The highest BCUT2D eigenvalue weighted by Gasteiger charge is 2.11. The van der Waals surface area contributed by atoms with Crippen LogP contribution in [0.2, 0.25) is 0 Å². The van der Waals surface area contributed by atoms with Gasteiger partial charge < -0.3 is 10.4 Å². The van der Waals surface area contributed by atoms with Gasteiger partial charge in [-0.25, -0.2) is 0 Å². The number of aryl methyl sites for hydroxylation is 1. The summed E-state index contributed by atoms with van der Waals surface area (Å²) in [6, 6.07) is 12.2. The van der Waals surface area contributed by atoms with Crippen molar-refractivity contribution in [1.82, 2.24) is 5.32 Å². The van der Waals surface area contributed by atoms with Crippen molar-refractivity contribution in [3.8, 4) is 5.75 Å². The molecule has 0 atom stereocenters. The van der Waals surface area contributed by atoms with Crippen LogP contribution in [0.4, 0.5) is 5.69 Å². The molecule has 0 aliphatic rings. The Morgan fingerprint density at radius 3 is 2.62 bits per heavy atom. The van der Waals surface area contributed by atoms with Crippen LogP contribution in [0.25, 0.3) is 0 Å². The summed E-state index contributed by atoms with van der Waals surface area (Å²) < 4.78 is 0.684. The van der Waals surface area contributed by atoms with Gasteiger partial charge in [0.1, 0.15) is 5.75 Å². The van der Waals surface area contributed by atoms with E-state index in [4.69, 9.17) is 12.2 Å². The minimum atomic E-state index is -0.327. The number of rotatable bonds is 2. The van der Waals surface area contributed by atoms with Gasteiger partial charge >= 0.3 is 0 Å². The predicted molar refractivity (Wildman–Crippen MR) is 90.7 cm³/mol. The Balaban J connectivity index is 2.05. The second kappa shape index (κ2) is 6.69. The molecule has 1 amide bonds. The highest BCUT2D eigenvalue weighted by Crippen LogP contribution is 2.23. The molecule has 0 aliphatic carbocycles. The summed E-state index contributed by atoms with van der Waals surface area (Å²) in [5, 5.41) is 15.3. The lowest BCUT2D eigenvalue weighted by Crippen LogP contribution is -2.34. The maximum absolute atomic E-state index is 12.1. The van der Waals surface area contributed by atoms with Crippen LogP contribution in [0, 0.1) is 6.92 Å². The Bertz CT molecular complexity index is 704. The lowest BCUT2D eigenvalue weighted by molar-refractivity contribution is 0.0977. The first-order valence-electron chi connectivity index (χ1n) is 6.14. The van der Waals surface area contributed by atoms with E-state index in [0.717, 1.165) is 5.56 Å². The lowest BCUT2D eigenvalue weighted by Gasteiger charge is -2.11. The molecule has 6 heteroatoms. The van der Waals surface area contributed by atoms with Crippen LogP contribution in [-0.4, -0.2) is 16.1 Å². The van der Waals surface area contributed by atoms with Crippen molar-refractivity contribution < 1.29 is 9.90 Å². The molecule has 0 saturated heterocycles. The van der Waals surface area contributed by atoms with E-state index in [9.17, 15) is 9.90 Å². The van der Waals surface area contributed by atoms with E-state index in [1.807, 2.05) is 19.1 Å². The fourth-order valence-electron chi connectivity index (χ4n) is 1.72. The van der Waals surface area contributed by atoms with E-state index in [1.165, 1.54) is 0 Å². The number of carbonyl (C=O) groups is 1. The van der Waals surface area contributed by atoms with E-state index in [0.29, 0.717) is 15.7 Å². The maximum atomic E-state index is 12.1. The van der Waals surface area contributed by atoms with Crippen molar-refractivity contribution in [3.63, 3.8) is 0 Å². The molecular weight excluding hydrogens is 352 g/mol. The van der Waals surface area contributed by atoms with Gasteiger partial charge in [-0.3, -0.25) is 10.1 Å². The Morgan fingerprint density at radius 2 is 1.95 bits per heavy atom. The van der Waals surface area contributed by atoms with Gasteiger partial charge in [0, 0.05) is 4.47 Å². The van der Waals surface area contributed by atoms with Gasteiger partial charge in [-0.05, 0) is 64.9 Å². The molecule has 2 aromatic rings. The van der Waals surface area contributed by atoms with Crippen LogP contribution >= 0.6 is 28.1 Å². The third-order valence-electron chi connectivity index (χ3n) is 2.75. The van der Waals surface area contributed by atoms with Crippen LogP contribution in [0.1, 0.15) is 15.9 Å². The first-order chi connectivity index (χ1) is 9.97. The minimum Gasteiger partial charge on any atom is -0.506 e. The predicted octanol–water partition coefficient (Wildman–Crippen LogP) is 3.59. The van der Waals surface area contributed by atoms with Gasteiger partial charge in [0.2, 0.25) is 0 Å². The summed E-state index contributed by atoms with van der Waals surface area (Å²) in [6.45, 7) is 1.87. The molecule has 0 spiro atoms. The molecule has 0 fully saturated rings. The summed E-state index contributed by atoms with van der Waals surface area (Å²) in [6.07, 6.45) is 0. The van der Waals surface area contributed by atoms with Crippen molar-refractivity contribution in [3.05, 3.63) is 58.1 Å². The van der Waals surface area contributed by atoms with Crippen LogP contribution < -0.4 is 10.6 Å². The van der Waals surface area contributed by atoms with Crippen molar-refractivity contribution in [2.75, 3.05) is 5.32 Å². The average Bonchev–Trinajstić information content (AvgIpc) is 2.42. The number of anilines is 1. The number of hydrogen-bond acceptors (Lipinski definition) is 3. The minimum absolute atomic E-state index is 0.0764. The number of carbonyl (C=O) groups excluding carboxylic acids is 1. The fraction of sp³-hybridized carbons (Fsp3) is 0.0667. The molecule has 0 saturated carbocycles. The van der Waals surface area contributed by atoms with Gasteiger partial charge in [-0.1, -0.05) is 18.2 Å². The maximum Gasteiger partial charge on any atom is 0.258 e. The molecule has 21 heavy (non-hydrogen) atoms. The molecule has 0 unspecified atom stereocenters. The van der Waals surface area contributed by atoms with E-state index in [2.05, 4.69) is 26.6 Å². The SMILES string of the molecule is Cc1ccc(NC(=S)NC(=O)c2ccccc2Br)c(O)c1. The smallest absolute Gasteiger partial charge is 0.258 e. The first-order valence-corrected chi connectivity index (χ1v) is 7.34. The van der Waals surface area contributed by atoms with Gasteiger partial charge in [-0.2, -0.15) is 0 Å². The largest absolute Gasteiger partial charge is 0.506 e. The molecule has 0 heterocycles. The summed E-state index contributed by atoms with van der Waals surface area (Å²) >= 11 is 8.39. The van der Waals surface area contributed by atoms with Gasteiger partial charge in [0.15, 0.2) is 5.11 Å². The number of phenols is 1.